The van der Waals surface area contributed by atoms with Gasteiger partial charge in [-0.3, -0.25) is 9.59 Å². The summed E-state index contributed by atoms with van der Waals surface area (Å²) in [6.07, 6.45) is 1.37. The summed E-state index contributed by atoms with van der Waals surface area (Å²) in [4.78, 5) is 23.0. The second-order valence-electron chi connectivity index (χ2n) is 3.28. The third-order valence-electron chi connectivity index (χ3n) is 1.95. The van der Waals surface area contributed by atoms with Gasteiger partial charge in [0.1, 0.15) is 11.6 Å². The molecule has 0 saturated carbocycles. The Bertz CT molecular complexity index is 459. The van der Waals surface area contributed by atoms with Gasteiger partial charge in [0.05, 0.1) is 11.6 Å². The van der Waals surface area contributed by atoms with Crippen LogP contribution in [-0.4, -0.2) is 30.7 Å². The Labute approximate surface area is 108 Å². The molecule has 1 N–H and O–H groups in total. The molecular formula is C10H12Cl2N2O3. The van der Waals surface area contributed by atoms with E-state index < -0.39 is 5.56 Å². The van der Waals surface area contributed by atoms with E-state index in [0.29, 0.717) is 18.2 Å². The molecule has 0 aliphatic rings. The average Bonchev–Trinajstić information content (AvgIpc) is 2.25. The molecule has 1 aromatic rings. The number of pyridine rings is 1. The molecule has 1 aromatic heterocycles. The molecule has 5 nitrogen and oxygen atoms in total. The standard InChI is InChI=1S/C10H12Cl2N2O3/c1-17-3-2-13-9(15)6-14-5-7(11)4-8(12)10(14)16/h4-5H,2-3,6H2,1H3,(H,13,15). The number of hydrogen-bond donors (Lipinski definition) is 1. The third-order valence-corrected chi connectivity index (χ3v) is 2.43. The fourth-order valence-electron chi connectivity index (χ4n) is 1.19. The number of amides is 1. The van der Waals surface area contributed by atoms with Gasteiger partial charge in [0.15, 0.2) is 0 Å². The Morgan fingerprint density at radius 2 is 2.24 bits per heavy atom. The van der Waals surface area contributed by atoms with E-state index in [9.17, 15) is 9.59 Å². The summed E-state index contributed by atoms with van der Waals surface area (Å²) in [6.45, 7) is 0.679. The van der Waals surface area contributed by atoms with E-state index in [1.807, 2.05) is 0 Å². The quantitative estimate of drug-likeness (QED) is 0.815. The van der Waals surface area contributed by atoms with Crippen molar-refractivity contribution in [3.63, 3.8) is 0 Å². The van der Waals surface area contributed by atoms with Gasteiger partial charge in [-0.25, -0.2) is 0 Å². The lowest BCUT2D eigenvalue weighted by molar-refractivity contribution is -0.121. The Morgan fingerprint density at radius 3 is 2.88 bits per heavy atom. The van der Waals surface area contributed by atoms with Crippen molar-refractivity contribution >= 4 is 29.1 Å². The summed E-state index contributed by atoms with van der Waals surface area (Å²) in [7, 11) is 1.54. The fraction of sp³-hybridized carbons (Fsp3) is 0.400. The monoisotopic (exact) mass is 278 g/mol. The minimum Gasteiger partial charge on any atom is -0.383 e. The number of halogens is 2. The van der Waals surface area contributed by atoms with Crippen LogP contribution in [0.1, 0.15) is 0 Å². The Hall–Kier alpha value is -1.04. The molecule has 17 heavy (non-hydrogen) atoms. The first-order chi connectivity index (χ1) is 8.04. The normalized spacial score (nSPS) is 10.3. The van der Waals surface area contributed by atoms with Gasteiger partial charge < -0.3 is 14.6 Å². The minimum atomic E-state index is -0.446. The smallest absolute Gasteiger partial charge is 0.269 e. The van der Waals surface area contributed by atoms with E-state index in [-0.39, 0.29) is 17.5 Å². The molecule has 0 unspecified atom stereocenters. The van der Waals surface area contributed by atoms with Crippen molar-refractivity contribution in [3.8, 4) is 0 Å². The van der Waals surface area contributed by atoms with Crippen LogP contribution in [0.15, 0.2) is 17.1 Å². The third kappa shape index (κ3) is 4.38. The molecule has 0 aliphatic heterocycles. The highest BCUT2D eigenvalue weighted by Crippen LogP contribution is 2.10. The molecule has 0 bridgehead atoms. The van der Waals surface area contributed by atoms with E-state index >= 15 is 0 Å². The molecule has 0 aromatic carbocycles. The van der Waals surface area contributed by atoms with Gasteiger partial charge in [0, 0.05) is 19.9 Å². The van der Waals surface area contributed by atoms with Crippen molar-refractivity contribution in [3.05, 3.63) is 32.7 Å². The zero-order valence-corrected chi connectivity index (χ0v) is 10.7. The highest BCUT2D eigenvalue weighted by Gasteiger charge is 2.07. The predicted octanol–water partition coefficient (Wildman–Crippen LogP) is 0.918. The lowest BCUT2D eigenvalue weighted by atomic mass is 10.4. The van der Waals surface area contributed by atoms with Crippen LogP contribution in [0.5, 0.6) is 0 Å². The lowest BCUT2D eigenvalue weighted by Gasteiger charge is -2.07. The topological polar surface area (TPSA) is 60.3 Å². The number of hydrogen-bond acceptors (Lipinski definition) is 3. The van der Waals surface area contributed by atoms with Gasteiger partial charge >= 0.3 is 0 Å². The molecule has 94 valence electrons. The Morgan fingerprint density at radius 1 is 1.53 bits per heavy atom. The number of carbonyl (C=O) groups excluding carboxylic acids is 1. The van der Waals surface area contributed by atoms with Gasteiger partial charge in [-0.2, -0.15) is 0 Å². The second kappa shape index (κ2) is 6.64. The average molecular weight is 279 g/mol. The van der Waals surface area contributed by atoms with Gasteiger partial charge in [-0.05, 0) is 6.07 Å². The van der Waals surface area contributed by atoms with E-state index in [4.69, 9.17) is 27.9 Å². The van der Waals surface area contributed by atoms with Crippen LogP contribution in [0.2, 0.25) is 10.0 Å². The maximum absolute atomic E-state index is 11.6. The number of rotatable bonds is 5. The zero-order chi connectivity index (χ0) is 12.8. The molecule has 1 heterocycles. The lowest BCUT2D eigenvalue weighted by Crippen LogP contribution is -2.33. The largest absolute Gasteiger partial charge is 0.383 e. The van der Waals surface area contributed by atoms with Crippen molar-refractivity contribution in [2.45, 2.75) is 6.54 Å². The second-order valence-corrected chi connectivity index (χ2v) is 4.13. The fourth-order valence-corrected chi connectivity index (χ4v) is 1.69. The minimum absolute atomic E-state index is 0.0119. The highest BCUT2D eigenvalue weighted by atomic mass is 35.5. The summed E-state index contributed by atoms with van der Waals surface area (Å²) < 4.78 is 5.94. The first-order valence-electron chi connectivity index (χ1n) is 4.85. The van der Waals surface area contributed by atoms with Gasteiger partial charge in [-0.1, -0.05) is 23.2 Å². The summed E-state index contributed by atoms with van der Waals surface area (Å²) in [5.74, 6) is -0.303. The number of methoxy groups -OCH3 is 1. The van der Waals surface area contributed by atoms with Crippen LogP contribution < -0.4 is 10.9 Å². The van der Waals surface area contributed by atoms with E-state index in [0.717, 1.165) is 4.57 Å². The van der Waals surface area contributed by atoms with Crippen LogP contribution in [0.4, 0.5) is 0 Å². The van der Waals surface area contributed by atoms with Crippen LogP contribution >= 0.6 is 23.2 Å². The van der Waals surface area contributed by atoms with Gasteiger partial charge in [0.2, 0.25) is 5.91 Å². The van der Waals surface area contributed by atoms with Crippen LogP contribution in [0.3, 0.4) is 0 Å². The molecule has 0 spiro atoms. The number of ether oxygens (including phenoxy) is 1. The number of carbonyl (C=O) groups is 1. The summed E-state index contributed by atoms with van der Waals surface area (Å²) in [5.41, 5.74) is -0.446. The van der Waals surface area contributed by atoms with Crippen molar-refractivity contribution in [1.82, 2.24) is 9.88 Å². The molecule has 7 heteroatoms. The molecule has 0 aliphatic carbocycles. The molecule has 1 amide bonds. The van der Waals surface area contributed by atoms with Crippen molar-refractivity contribution < 1.29 is 9.53 Å². The number of aromatic nitrogens is 1. The summed E-state index contributed by atoms with van der Waals surface area (Å²) in [5, 5.41) is 2.88. The maximum atomic E-state index is 11.6. The molecule has 0 saturated heterocycles. The Balaban J connectivity index is 2.68. The van der Waals surface area contributed by atoms with E-state index in [1.165, 1.54) is 19.4 Å². The maximum Gasteiger partial charge on any atom is 0.269 e. The number of nitrogens with zero attached hydrogens (tertiary/aromatic N) is 1. The van der Waals surface area contributed by atoms with Crippen LogP contribution in [-0.2, 0) is 16.1 Å². The van der Waals surface area contributed by atoms with Crippen LogP contribution in [0, 0.1) is 0 Å². The highest BCUT2D eigenvalue weighted by molar-refractivity contribution is 6.34. The zero-order valence-electron chi connectivity index (χ0n) is 9.20. The SMILES string of the molecule is COCCNC(=O)Cn1cc(Cl)cc(Cl)c1=O. The first kappa shape index (κ1) is 14.0. The molecule has 1 rings (SSSR count). The predicted molar refractivity (Wildman–Crippen MR) is 65.6 cm³/mol. The Kier molecular flexibility index (Phi) is 5.47. The molecule has 0 atom stereocenters. The van der Waals surface area contributed by atoms with E-state index in [2.05, 4.69) is 5.32 Å². The van der Waals surface area contributed by atoms with Crippen molar-refractivity contribution in [2.75, 3.05) is 20.3 Å². The molecule has 0 radical (unpaired) electrons. The summed E-state index contributed by atoms with van der Waals surface area (Å²) >= 11 is 11.4. The molecular weight excluding hydrogens is 267 g/mol. The first-order valence-corrected chi connectivity index (χ1v) is 5.61. The van der Waals surface area contributed by atoms with Gasteiger partial charge in [0.25, 0.3) is 5.56 Å². The van der Waals surface area contributed by atoms with E-state index in [1.54, 1.807) is 0 Å². The number of nitrogens with one attached hydrogen (secondary N) is 1. The van der Waals surface area contributed by atoms with Crippen molar-refractivity contribution in [2.24, 2.45) is 0 Å². The summed E-state index contributed by atoms with van der Waals surface area (Å²) in [6, 6.07) is 1.34. The molecule has 0 fully saturated rings. The van der Waals surface area contributed by atoms with Crippen molar-refractivity contribution in [1.29, 1.82) is 0 Å². The van der Waals surface area contributed by atoms with Gasteiger partial charge in [-0.15, -0.1) is 0 Å². The van der Waals surface area contributed by atoms with Crippen LogP contribution in [0.25, 0.3) is 0 Å².